The van der Waals surface area contributed by atoms with Crippen molar-refractivity contribution in [2.75, 3.05) is 10.5 Å². The molecule has 112 valence electrons. The van der Waals surface area contributed by atoms with Gasteiger partial charge in [-0.05, 0) is 54.8 Å². The Balaban J connectivity index is 2.45. The van der Waals surface area contributed by atoms with Gasteiger partial charge in [0.05, 0.1) is 10.6 Å². The van der Waals surface area contributed by atoms with E-state index in [0.29, 0.717) is 17.8 Å². The fourth-order valence-corrected chi connectivity index (χ4v) is 4.11. The maximum Gasteiger partial charge on any atom is 0.262 e. The van der Waals surface area contributed by atoms with Gasteiger partial charge in [-0.3, -0.25) is 4.72 Å². The lowest BCUT2D eigenvalue weighted by Crippen LogP contribution is -2.15. The molecule has 0 radical (unpaired) electrons. The van der Waals surface area contributed by atoms with Crippen LogP contribution in [0.1, 0.15) is 18.1 Å². The fraction of sp³-hybridized carbons (Fsp3) is 0.200. The van der Waals surface area contributed by atoms with Crippen molar-refractivity contribution in [1.82, 2.24) is 0 Å². The van der Waals surface area contributed by atoms with Gasteiger partial charge in [0.2, 0.25) is 0 Å². The Morgan fingerprint density at radius 1 is 1.19 bits per heavy atom. The lowest BCUT2D eigenvalue weighted by molar-refractivity contribution is 0.600. The number of rotatable bonds is 4. The molecule has 0 heterocycles. The molecule has 0 amide bonds. The van der Waals surface area contributed by atoms with Gasteiger partial charge in [0.1, 0.15) is 0 Å². The molecule has 6 heteroatoms. The molecule has 2 aromatic carbocycles. The van der Waals surface area contributed by atoms with Gasteiger partial charge in [-0.1, -0.05) is 28.9 Å². The van der Waals surface area contributed by atoms with E-state index in [1.807, 2.05) is 19.9 Å². The van der Waals surface area contributed by atoms with Crippen LogP contribution in [0.15, 0.2) is 45.8 Å². The normalized spacial score (nSPS) is 11.4. The van der Waals surface area contributed by atoms with Gasteiger partial charge < -0.3 is 5.73 Å². The molecule has 0 aliphatic carbocycles. The van der Waals surface area contributed by atoms with E-state index in [2.05, 4.69) is 20.7 Å². The van der Waals surface area contributed by atoms with Crippen molar-refractivity contribution in [3.8, 4) is 0 Å². The Kier molecular flexibility index (Phi) is 4.58. The Morgan fingerprint density at radius 2 is 1.90 bits per heavy atom. The monoisotopic (exact) mass is 368 g/mol. The maximum atomic E-state index is 12.6. The van der Waals surface area contributed by atoms with Crippen LogP contribution in [-0.2, 0) is 16.4 Å². The maximum absolute atomic E-state index is 12.6. The molecule has 0 bridgehead atoms. The minimum absolute atomic E-state index is 0.225. The van der Waals surface area contributed by atoms with Crippen LogP contribution in [0.2, 0.25) is 0 Å². The topological polar surface area (TPSA) is 72.2 Å². The van der Waals surface area contributed by atoms with E-state index in [9.17, 15) is 8.42 Å². The van der Waals surface area contributed by atoms with Crippen LogP contribution < -0.4 is 10.5 Å². The van der Waals surface area contributed by atoms with E-state index >= 15 is 0 Å². The summed E-state index contributed by atoms with van der Waals surface area (Å²) in [7, 11) is -3.66. The smallest absolute Gasteiger partial charge is 0.262 e. The third-order valence-electron chi connectivity index (χ3n) is 3.06. The van der Waals surface area contributed by atoms with Crippen molar-refractivity contribution in [2.24, 2.45) is 0 Å². The highest BCUT2D eigenvalue weighted by molar-refractivity contribution is 9.10. The predicted molar refractivity (Wildman–Crippen MR) is 89.9 cm³/mol. The van der Waals surface area contributed by atoms with Crippen LogP contribution in [0.25, 0.3) is 0 Å². The average molecular weight is 369 g/mol. The molecular formula is C15H17BrN2O2S. The lowest BCUT2D eigenvalue weighted by Gasteiger charge is -2.13. The zero-order chi connectivity index (χ0) is 15.6. The summed E-state index contributed by atoms with van der Waals surface area (Å²) in [6, 6.07) is 10.4. The molecule has 0 saturated heterocycles. The van der Waals surface area contributed by atoms with Gasteiger partial charge in [0.25, 0.3) is 10.0 Å². The first kappa shape index (κ1) is 15.9. The second-order valence-electron chi connectivity index (χ2n) is 4.84. The number of anilines is 2. The summed E-state index contributed by atoms with van der Waals surface area (Å²) < 4.78 is 28.6. The zero-order valence-electron chi connectivity index (χ0n) is 11.9. The minimum atomic E-state index is -3.66. The Bertz CT molecular complexity index is 753. The summed E-state index contributed by atoms with van der Waals surface area (Å²) in [5, 5.41) is 0. The number of hydrogen-bond acceptors (Lipinski definition) is 3. The molecule has 3 N–H and O–H groups in total. The van der Waals surface area contributed by atoms with Crippen molar-refractivity contribution in [3.05, 3.63) is 52.0 Å². The molecule has 0 unspecified atom stereocenters. The van der Waals surface area contributed by atoms with Crippen molar-refractivity contribution in [3.63, 3.8) is 0 Å². The third-order valence-corrected chi connectivity index (χ3v) is 4.98. The number of sulfonamides is 1. The Hall–Kier alpha value is -1.53. The fourth-order valence-electron chi connectivity index (χ4n) is 2.12. The molecule has 0 aliphatic rings. The first-order valence-electron chi connectivity index (χ1n) is 6.50. The van der Waals surface area contributed by atoms with Crippen LogP contribution in [0.5, 0.6) is 0 Å². The van der Waals surface area contributed by atoms with Crippen LogP contribution >= 0.6 is 15.9 Å². The zero-order valence-corrected chi connectivity index (χ0v) is 14.3. The highest BCUT2D eigenvalue weighted by atomic mass is 79.9. The Morgan fingerprint density at radius 3 is 2.52 bits per heavy atom. The van der Waals surface area contributed by atoms with E-state index < -0.39 is 10.0 Å². The van der Waals surface area contributed by atoms with Gasteiger partial charge in [0, 0.05) is 10.2 Å². The van der Waals surface area contributed by atoms with Crippen molar-refractivity contribution in [2.45, 2.75) is 25.2 Å². The predicted octanol–water partition coefficient (Wildman–Crippen LogP) is 3.70. The summed E-state index contributed by atoms with van der Waals surface area (Å²) in [5.41, 5.74) is 8.37. The molecule has 0 aromatic heterocycles. The number of nitrogens with two attached hydrogens (primary N) is 1. The summed E-state index contributed by atoms with van der Waals surface area (Å²) in [6.07, 6.45) is 0.619. The third kappa shape index (κ3) is 3.77. The standard InChI is InChI=1S/C15H17BrN2O2S/c1-3-11-4-5-13(17)9-15(11)21(19,20)18-14-7-10(2)6-12(16)8-14/h4-9,18H,3,17H2,1-2H3. The van der Waals surface area contributed by atoms with E-state index in [1.54, 1.807) is 24.3 Å². The molecule has 2 aromatic rings. The minimum Gasteiger partial charge on any atom is -0.399 e. The van der Waals surface area contributed by atoms with Gasteiger partial charge in [0.15, 0.2) is 0 Å². The van der Waals surface area contributed by atoms with Gasteiger partial charge in [-0.2, -0.15) is 0 Å². The average Bonchev–Trinajstić information content (AvgIpc) is 2.36. The number of hydrogen-bond donors (Lipinski definition) is 2. The van der Waals surface area contributed by atoms with E-state index in [0.717, 1.165) is 15.6 Å². The second kappa shape index (κ2) is 6.07. The van der Waals surface area contributed by atoms with Gasteiger partial charge in [-0.25, -0.2) is 8.42 Å². The molecule has 0 spiro atoms. The van der Waals surface area contributed by atoms with Crippen LogP contribution in [0.3, 0.4) is 0 Å². The lowest BCUT2D eigenvalue weighted by atomic mass is 10.1. The van der Waals surface area contributed by atoms with E-state index in [1.165, 1.54) is 6.07 Å². The number of aryl methyl sites for hydroxylation is 2. The van der Waals surface area contributed by atoms with E-state index in [4.69, 9.17) is 5.73 Å². The summed E-state index contributed by atoms with van der Waals surface area (Å²) in [4.78, 5) is 0.225. The molecular weight excluding hydrogens is 352 g/mol. The molecule has 0 saturated carbocycles. The Labute approximate surface area is 133 Å². The molecule has 21 heavy (non-hydrogen) atoms. The molecule has 2 rings (SSSR count). The number of benzene rings is 2. The highest BCUT2D eigenvalue weighted by Crippen LogP contribution is 2.25. The van der Waals surface area contributed by atoms with Gasteiger partial charge >= 0.3 is 0 Å². The summed E-state index contributed by atoms with van der Waals surface area (Å²) in [5.74, 6) is 0. The molecule has 0 aliphatic heterocycles. The first-order chi connectivity index (χ1) is 9.81. The molecule has 4 nitrogen and oxygen atoms in total. The summed E-state index contributed by atoms with van der Waals surface area (Å²) in [6.45, 7) is 3.81. The van der Waals surface area contributed by atoms with E-state index in [-0.39, 0.29) is 4.90 Å². The molecule has 0 fully saturated rings. The second-order valence-corrected chi connectivity index (χ2v) is 7.41. The largest absolute Gasteiger partial charge is 0.399 e. The number of halogens is 1. The van der Waals surface area contributed by atoms with Crippen molar-refractivity contribution >= 4 is 37.3 Å². The number of nitrogens with one attached hydrogen (secondary N) is 1. The van der Waals surface area contributed by atoms with Crippen LogP contribution in [0.4, 0.5) is 11.4 Å². The first-order valence-corrected chi connectivity index (χ1v) is 8.78. The highest BCUT2D eigenvalue weighted by Gasteiger charge is 2.18. The van der Waals surface area contributed by atoms with Crippen LogP contribution in [0, 0.1) is 6.92 Å². The summed E-state index contributed by atoms with van der Waals surface area (Å²) >= 11 is 3.36. The molecule has 0 atom stereocenters. The van der Waals surface area contributed by atoms with Crippen molar-refractivity contribution < 1.29 is 8.42 Å². The quantitative estimate of drug-likeness (QED) is 0.808. The van der Waals surface area contributed by atoms with Crippen LogP contribution in [-0.4, -0.2) is 8.42 Å². The van der Waals surface area contributed by atoms with Gasteiger partial charge in [-0.15, -0.1) is 0 Å². The SMILES string of the molecule is CCc1ccc(N)cc1S(=O)(=O)Nc1cc(C)cc(Br)c1. The van der Waals surface area contributed by atoms with Crippen molar-refractivity contribution in [1.29, 1.82) is 0 Å². The number of nitrogen functional groups attached to an aromatic ring is 1.